The minimum Gasteiger partial charge on any atom is -0.383 e. The zero-order valence-corrected chi connectivity index (χ0v) is 12.1. The lowest BCUT2D eigenvalue weighted by Crippen LogP contribution is -2.30. The molecule has 0 heterocycles. The van der Waals surface area contributed by atoms with E-state index >= 15 is 0 Å². The molecule has 0 unspecified atom stereocenters. The minimum atomic E-state index is -4.40. The summed E-state index contributed by atoms with van der Waals surface area (Å²) in [5, 5.41) is 5.40. The lowest BCUT2D eigenvalue weighted by Gasteiger charge is -2.15. The standard InChI is InChI=1S/C13H14BrF3N2O/c14-9-3-4-10(13(15,16)17)11(7-9)18-5-6-19-12(20)8-1-2-8/h3-4,7-8,18H,1-2,5-6H2,(H,19,20). The number of amides is 1. The third-order valence-electron chi connectivity index (χ3n) is 2.97. The van der Waals surface area contributed by atoms with Crippen molar-refractivity contribution in [1.29, 1.82) is 0 Å². The molecule has 1 aliphatic carbocycles. The first-order valence-corrected chi connectivity index (χ1v) is 7.05. The Labute approximate surface area is 123 Å². The van der Waals surface area contributed by atoms with Crippen LogP contribution in [0.2, 0.25) is 0 Å². The molecule has 0 bridgehead atoms. The van der Waals surface area contributed by atoms with Crippen molar-refractivity contribution in [3.63, 3.8) is 0 Å². The molecule has 1 aliphatic rings. The summed E-state index contributed by atoms with van der Waals surface area (Å²) in [6, 6.07) is 3.75. The summed E-state index contributed by atoms with van der Waals surface area (Å²) in [6.07, 6.45) is -2.59. The van der Waals surface area contributed by atoms with Crippen molar-refractivity contribution in [2.45, 2.75) is 19.0 Å². The van der Waals surface area contributed by atoms with Crippen LogP contribution >= 0.6 is 15.9 Å². The number of alkyl halides is 3. The number of benzene rings is 1. The van der Waals surface area contributed by atoms with Crippen LogP contribution in [0.4, 0.5) is 18.9 Å². The Balaban J connectivity index is 1.90. The Morgan fingerprint density at radius 1 is 1.30 bits per heavy atom. The maximum absolute atomic E-state index is 12.8. The fourth-order valence-electron chi connectivity index (χ4n) is 1.78. The van der Waals surface area contributed by atoms with Gasteiger partial charge in [0.1, 0.15) is 0 Å². The summed E-state index contributed by atoms with van der Waals surface area (Å²) < 4.78 is 39.0. The number of carbonyl (C=O) groups excluding carboxylic acids is 1. The van der Waals surface area contributed by atoms with Crippen molar-refractivity contribution in [2.75, 3.05) is 18.4 Å². The predicted octanol–water partition coefficient (Wildman–Crippen LogP) is 3.41. The molecule has 1 aromatic carbocycles. The van der Waals surface area contributed by atoms with Crippen LogP contribution in [0.25, 0.3) is 0 Å². The van der Waals surface area contributed by atoms with Gasteiger partial charge >= 0.3 is 6.18 Å². The van der Waals surface area contributed by atoms with Crippen LogP contribution in [-0.2, 0) is 11.0 Å². The molecule has 1 aromatic rings. The quantitative estimate of drug-likeness (QED) is 0.799. The van der Waals surface area contributed by atoms with E-state index < -0.39 is 11.7 Å². The monoisotopic (exact) mass is 350 g/mol. The van der Waals surface area contributed by atoms with Gasteiger partial charge in [-0.05, 0) is 31.0 Å². The van der Waals surface area contributed by atoms with Crippen molar-refractivity contribution >= 4 is 27.5 Å². The van der Waals surface area contributed by atoms with Crippen LogP contribution in [-0.4, -0.2) is 19.0 Å². The Morgan fingerprint density at radius 2 is 2.00 bits per heavy atom. The fraction of sp³-hybridized carbons (Fsp3) is 0.462. The van der Waals surface area contributed by atoms with Gasteiger partial charge in [0.25, 0.3) is 0 Å². The van der Waals surface area contributed by atoms with E-state index in [0.29, 0.717) is 11.0 Å². The average Bonchev–Trinajstić information content (AvgIpc) is 3.17. The summed E-state index contributed by atoms with van der Waals surface area (Å²) in [5.41, 5.74) is -0.707. The molecule has 7 heteroatoms. The van der Waals surface area contributed by atoms with Gasteiger partial charge in [-0.25, -0.2) is 0 Å². The lowest BCUT2D eigenvalue weighted by atomic mass is 10.1. The fourth-order valence-corrected chi connectivity index (χ4v) is 2.14. The molecule has 3 nitrogen and oxygen atoms in total. The van der Waals surface area contributed by atoms with E-state index in [1.807, 2.05) is 0 Å². The second kappa shape index (κ2) is 6.03. The number of rotatable bonds is 5. The second-order valence-electron chi connectivity index (χ2n) is 4.68. The Bertz CT molecular complexity index is 501. The van der Waals surface area contributed by atoms with Crippen LogP contribution in [0.1, 0.15) is 18.4 Å². The van der Waals surface area contributed by atoms with Crippen molar-refractivity contribution in [1.82, 2.24) is 5.32 Å². The van der Waals surface area contributed by atoms with Crippen LogP contribution in [0, 0.1) is 5.92 Å². The highest BCUT2D eigenvalue weighted by Crippen LogP contribution is 2.36. The molecule has 1 saturated carbocycles. The Morgan fingerprint density at radius 3 is 2.60 bits per heavy atom. The van der Waals surface area contributed by atoms with E-state index in [1.54, 1.807) is 0 Å². The van der Waals surface area contributed by atoms with E-state index in [4.69, 9.17) is 0 Å². The largest absolute Gasteiger partial charge is 0.418 e. The van der Waals surface area contributed by atoms with Gasteiger partial charge in [-0.15, -0.1) is 0 Å². The summed E-state index contributed by atoms with van der Waals surface area (Å²) in [4.78, 5) is 11.4. The first kappa shape index (κ1) is 15.2. The van der Waals surface area contributed by atoms with E-state index in [-0.39, 0.29) is 24.1 Å². The third-order valence-corrected chi connectivity index (χ3v) is 3.47. The SMILES string of the molecule is O=C(NCCNc1cc(Br)ccc1C(F)(F)F)C1CC1. The molecule has 1 fully saturated rings. The molecule has 0 spiro atoms. The first-order valence-electron chi connectivity index (χ1n) is 6.26. The topological polar surface area (TPSA) is 41.1 Å². The molecular formula is C13H14BrF3N2O. The average molecular weight is 351 g/mol. The number of hydrogen-bond acceptors (Lipinski definition) is 2. The molecule has 110 valence electrons. The number of halogens is 4. The summed E-state index contributed by atoms with van der Waals surface area (Å²) in [7, 11) is 0. The van der Waals surface area contributed by atoms with E-state index in [1.165, 1.54) is 12.1 Å². The van der Waals surface area contributed by atoms with Gasteiger partial charge in [-0.3, -0.25) is 4.79 Å². The molecule has 2 N–H and O–H groups in total. The highest BCUT2D eigenvalue weighted by atomic mass is 79.9. The van der Waals surface area contributed by atoms with Gasteiger partial charge in [0.2, 0.25) is 5.91 Å². The van der Waals surface area contributed by atoms with Crippen LogP contribution in [0.15, 0.2) is 22.7 Å². The Hall–Kier alpha value is -1.24. The van der Waals surface area contributed by atoms with Gasteiger partial charge < -0.3 is 10.6 Å². The van der Waals surface area contributed by atoms with Crippen molar-refractivity contribution in [2.24, 2.45) is 5.92 Å². The highest BCUT2D eigenvalue weighted by molar-refractivity contribution is 9.10. The summed E-state index contributed by atoms with van der Waals surface area (Å²) >= 11 is 3.15. The number of anilines is 1. The third kappa shape index (κ3) is 4.13. The predicted molar refractivity (Wildman–Crippen MR) is 73.4 cm³/mol. The molecule has 0 aromatic heterocycles. The maximum atomic E-state index is 12.8. The van der Waals surface area contributed by atoms with Gasteiger partial charge in [-0.2, -0.15) is 13.2 Å². The van der Waals surface area contributed by atoms with Crippen molar-refractivity contribution in [3.05, 3.63) is 28.2 Å². The van der Waals surface area contributed by atoms with Gasteiger partial charge in [0, 0.05) is 29.2 Å². The van der Waals surface area contributed by atoms with Crippen molar-refractivity contribution < 1.29 is 18.0 Å². The molecule has 0 radical (unpaired) electrons. The molecule has 0 saturated heterocycles. The number of nitrogens with one attached hydrogen (secondary N) is 2. The molecular weight excluding hydrogens is 337 g/mol. The van der Waals surface area contributed by atoms with Gasteiger partial charge in [-0.1, -0.05) is 15.9 Å². The maximum Gasteiger partial charge on any atom is 0.418 e. The summed E-state index contributed by atoms with van der Waals surface area (Å²) in [5.74, 6) is 0.0868. The van der Waals surface area contributed by atoms with E-state index in [9.17, 15) is 18.0 Å². The van der Waals surface area contributed by atoms with Crippen LogP contribution in [0.3, 0.4) is 0 Å². The molecule has 20 heavy (non-hydrogen) atoms. The minimum absolute atomic E-state index is 0.00699. The highest BCUT2D eigenvalue weighted by Gasteiger charge is 2.33. The van der Waals surface area contributed by atoms with Crippen LogP contribution in [0.5, 0.6) is 0 Å². The molecule has 2 rings (SSSR count). The Kier molecular flexibility index (Phi) is 4.57. The van der Waals surface area contributed by atoms with E-state index in [0.717, 1.165) is 18.9 Å². The second-order valence-corrected chi connectivity index (χ2v) is 5.60. The molecule has 1 amide bonds. The number of carbonyl (C=O) groups is 1. The number of hydrogen-bond donors (Lipinski definition) is 2. The molecule has 0 atom stereocenters. The smallest absolute Gasteiger partial charge is 0.383 e. The normalized spacial score (nSPS) is 15.0. The zero-order chi connectivity index (χ0) is 14.8. The van der Waals surface area contributed by atoms with E-state index in [2.05, 4.69) is 26.6 Å². The van der Waals surface area contributed by atoms with Crippen LogP contribution < -0.4 is 10.6 Å². The molecule has 0 aliphatic heterocycles. The van der Waals surface area contributed by atoms with Gasteiger partial charge in [0.15, 0.2) is 0 Å². The lowest BCUT2D eigenvalue weighted by molar-refractivity contribution is -0.137. The first-order chi connectivity index (χ1) is 9.38. The van der Waals surface area contributed by atoms with Gasteiger partial charge in [0.05, 0.1) is 5.56 Å². The zero-order valence-electron chi connectivity index (χ0n) is 10.6. The summed E-state index contributed by atoms with van der Waals surface area (Å²) in [6.45, 7) is 0.553. The van der Waals surface area contributed by atoms with Crippen molar-refractivity contribution in [3.8, 4) is 0 Å².